The van der Waals surface area contributed by atoms with Gasteiger partial charge < -0.3 is 22.2 Å². The first kappa shape index (κ1) is 19.5. The summed E-state index contributed by atoms with van der Waals surface area (Å²) in [6, 6.07) is 12.7. The van der Waals surface area contributed by atoms with Crippen LogP contribution in [-0.4, -0.2) is 24.9 Å². The maximum absolute atomic E-state index is 5.64. The van der Waals surface area contributed by atoms with Crippen molar-refractivity contribution in [2.75, 3.05) is 17.2 Å². The van der Waals surface area contributed by atoms with Gasteiger partial charge in [0.05, 0.1) is 12.0 Å². The molecular weight excluding hydrogens is 368 g/mol. The first-order valence-corrected chi connectivity index (χ1v) is 7.52. The van der Waals surface area contributed by atoms with Gasteiger partial charge in [0.2, 0.25) is 0 Å². The number of H-pyrrole nitrogens is 1. The smallest absolute Gasteiger partial charge is 0.182 e. The highest BCUT2D eigenvalue weighted by Crippen LogP contribution is 2.23. The molecule has 10 nitrogen and oxygen atoms in total. The van der Waals surface area contributed by atoms with E-state index in [1.54, 1.807) is 12.1 Å². The van der Waals surface area contributed by atoms with Crippen molar-refractivity contribution in [2.45, 2.75) is 0 Å². The average molecular weight is 385 g/mol. The number of nitrogens with one attached hydrogen (secondary N) is 1. The lowest BCUT2D eigenvalue weighted by Crippen LogP contribution is -1.95. The Morgan fingerprint density at radius 1 is 0.815 bits per heavy atom. The Hall–Kier alpha value is -3.79. The quantitative estimate of drug-likeness (QED) is 0.384. The molecule has 0 spiro atoms. The highest BCUT2D eigenvalue weighted by molar-refractivity contribution is 5.85. The van der Waals surface area contributed by atoms with Crippen LogP contribution in [0.15, 0.2) is 65.3 Å². The van der Waals surface area contributed by atoms with Crippen molar-refractivity contribution in [3.63, 3.8) is 0 Å². The van der Waals surface area contributed by atoms with E-state index in [4.69, 9.17) is 17.2 Å². The molecule has 1 aromatic carbocycles. The summed E-state index contributed by atoms with van der Waals surface area (Å²) in [5, 5.41) is 8.03. The zero-order valence-electron chi connectivity index (χ0n) is 14.0. The number of aromatic amines is 1. The third-order valence-electron chi connectivity index (χ3n) is 3.21. The third-order valence-corrected chi connectivity index (χ3v) is 3.21. The molecule has 0 amide bonds. The van der Waals surface area contributed by atoms with Gasteiger partial charge >= 0.3 is 0 Å². The Morgan fingerprint density at radius 3 is 2.30 bits per heavy atom. The van der Waals surface area contributed by atoms with E-state index < -0.39 is 0 Å². The molecule has 0 unspecified atom stereocenters. The lowest BCUT2D eigenvalue weighted by molar-refractivity contribution is 1.21. The minimum Gasteiger partial charge on any atom is -0.384 e. The summed E-state index contributed by atoms with van der Waals surface area (Å²) in [5.74, 6) is 1.08. The number of imidazole rings is 1. The summed E-state index contributed by atoms with van der Waals surface area (Å²) in [6.07, 6.45) is 2.92. The molecule has 0 aliphatic carbocycles. The van der Waals surface area contributed by atoms with Gasteiger partial charge in [0.25, 0.3) is 0 Å². The van der Waals surface area contributed by atoms with Crippen LogP contribution >= 0.6 is 12.4 Å². The summed E-state index contributed by atoms with van der Waals surface area (Å²) < 4.78 is 0. The van der Waals surface area contributed by atoms with Gasteiger partial charge in [0, 0.05) is 0 Å². The molecule has 27 heavy (non-hydrogen) atoms. The van der Waals surface area contributed by atoms with Gasteiger partial charge in [-0.15, -0.1) is 17.5 Å². The molecule has 0 aliphatic rings. The number of halogens is 1. The fourth-order valence-corrected chi connectivity index (χ4v) is 1.96. The van der Waals surface area contributed by atoms with Crippen LogP contribution in [0.1, 0.15) is 0 Å². The van der Waals surface area contributed by atoms with Gasteiger partial charge in [-0.25, -0.2) is 19.9 Å². The summed E-state index contributed by atoms with van der Waals surface area (Å²) in [4.78, 5) is 18.3. The van der Waals surface area contributed by atoms with Crippen molar-refractivity contribution < 1.29 is 0 Å². The molecular formula is C16H17ClN10. The molecule has 3 aromatic heterocycles. The van der Waals surface area contributed by atoms with Crippen LogP contribution in [0.3, 0.4) is 0 Å². The highest BCUT2D eigenvalue weighted by Gasteiger charge is 1.99. The van der Waals surface area contributed by atoms with E-state index in [2.05, 4.69) is 35.1 Å². The Labute approximate surface area is 160 Å². The number of rotatable bonds is 2. The second-order valence-corrected chi connectivity index (χ2v) is 5.04. The van der Waals surface area contributed by atoms with Gasteiger partial charge in [0.1, 0.15) is 23.3 Å². The van der Waals surface area contributed by atoms with Crippen LogP contribution in [0, 0.1) is 0 Å². The van der Waals surface area contributed by atoms with Crippen LogP contribution < -0.4 is 17.2 Å². The van der Waals surface area contributed by atoms with E-state index in [-0.39, 0.29) is 18.2 Å². The van der Waals surface area contributed by atoms with E-state index >= 15 is 0 Å². The lowest BCUT2D eigenvalue weighted by Gasteiger charge is -1.98. The molecule has 4 aromatic rings. The minimum absolute atomic E-state index is 0. The molecule has 138 valence electrons. The maximum Gasteiger partial charge on any atom is 0.182 e. The number of hydrogen-bond donors (Lipinski definition) is 4. The molecule has 0 aliphatic heterocycles. The molecule has 3 heterocycles. The Bertz CT molecular complexity index is 1030. The molecule has 0 fully saturated rings. The van der Waals surface area contributed by atoms with Gasteiger partial charge in [0.15, 0.2) is 17.3 Å². The molecule has 0 saturated heterocycles. The fourth-order valence-electron chi connectivity index (χ4n) is 1.96. The zero-order valence-corrected chi connectivity index (χ0v) is 14.8. The predicted molar refractivity (Wildman–Crippen MR) is 107 cm³/mol. The summed E-state index contributed by atoms with van der Waals surface area (Å²) in [6.45, 7) is 0. The molecule has 0 bridgehead atoms. The van der Waals surface area contributed by atoms with Crippen LogP contribution in [0.2, 0.25) is 0 Å². The molecule has 11 heteroatoms. The SMILES string of the molecule is Cl.Nc1ccc(N=Nc2ccccc2)c(N)n1.Nc1ncnc2nc[nH]c12. The van der Waals surface area contributed by atoms with Crippen molar-refractivity contribution in [1.29, 1.82) is 0 Å². The van der Waals surface area contributed by atoms with Crippen molar-refractivity contribution in [3.8, 4) is 0 Å². The van der Waals surface area contributed by atoms with Crippen molar-refractivity contribution in [1.82, 2.24) is 24.9 Å². The first-order valence-electron chi connectivity index (χ1n) is 7.52. The number of aromatic nitrogens is 5. The van der Waals surface area contributed by atoms with Crippen LogP contribution in [0.5, 0.6) is 0 Å². The number of hydrogen-bond acceptors (Lipinski definition) is 9. The average Bonchev–Trinajstić information content (AvgIpc) is 3.13. The number of pyridine rings is 1. The van der Waals surface area contributed by atoms with Gasteiger partial charge in [-0.3, -0.25) is 0 Å². The second kappa shape index (κ2) is 9.06. The number of azo groups is 1. The van der Waals surface area contributed by atoms with Crippen LogP contribution in [0.4, 0.5) is 28.8 Å². The molecule has 4 rings (SSSR count). The molecule has 0 atom stereocenters. The topological polar surface area (TPSA) is 170 Å². The van der Waals surface area contributed by atoms with Gasteiger partial charge in [-0.1, -0.05) is 18.2 Å². The van der Waals surface area contributed by atoms with E-state index in [0.29, 0.717) is 28.5 Å². The maximum atomic E-state index is 5.64. The zero-order chi connectivity index (χ0) is 18.4. The number of nitrogens with two attached hydrogens (primary N) is 3. The number of anilines is 3. The normalized spacial score (nSPS) is 10.2. The number of nitrogens with zero attached hydrogens (tertiary/aromatic N) is 6. The van der Waals surface area contributed by atoms with Crippen molar-refractivity contribution >= 4 is 52.4 Å². The van der Waals surface area contributed by atoms with Crippen LogP contribution in [-0.2, 0) is 0 Å². The Balaban J connectivity index is 0.000000205. The Kier molecular flexibility index (Phi) is 6.55. The monoisotopic (exact) mass is 384 g/mol. The Morgan fingerprint density at radius 2 is 1.59 bits per heavy atom. The van der Waals surface area contributed by atoms with Crippen molar-refractivity contribution in [2.24, 2.45) is 10.2 Å². The van der Waals surface area contributed by atoms with E-state index in [1.807, 2.05) is 30.3 Å². The molecule has 0 radical (unpaired) electrons. The molecule has 7 N–H and O–H groups in total. The summed E-state index contributed by atoms with van der Waals surface area (Å²) >= 11 is 0. The summed E-state index contributed by atoms with van der Waals surface area (Å²) in [7, 11) is 0. The lowest BCUT2D eigenvalue weighted by atomic mass is 10.3. The number of nitrogen functional groups attached to an aromatic ring is 3. The fraction of sp³-hybridized carbons (Fsp3) is 0. The third kappa shape index (κ3) is 5.09. The predicted octanol–water partition coefficient (Wildman–Crippen LogP) is 3.02. The minimum atomic E-state index is 0. The van der Waals surface area contributed by atoms with E-state index in [1.165, 1.54) is 12.7 Å². The van der Waals surface area contributed by atoms with E-state index in [0.717, 1.165) is 5.69 Å². The number of benzene rings is 1. The standard InChI is InChI=1S/C11H11N5.C5H5N5.ClH/c12-10-7-6-9(11(13)14-10)16-15-8-4-2-1-3-5-8;6-4-3-5(9-1-7-3)10-2-8-4;/h1-7H,(H4,12,13,14);1-2H,(H3,6,7,8,9,10);1H. The van der Waals surface area contributed by atoms with E-state index in [9.17, 15) is 0 Å². The number of fused-ring (bicyclic) bond motifs is 1. The first-order chi connectivity index (χ1) is 12.6. The summed E-state index contributed by atoms with van der Waals surface area (Å²) in [5.41, 5.74) is 19.2. The van der Waals surface area contributed by atoms with Gasteiger partial charge in [-0.05, 0) is 24.3 Å². The molecule has 0 saturated carbocycles. The second-order valence-electron chi connectivity index (χ2n) is 5.04. The largest absolute Gasteiger partial charge is 0.384 e. The van der Waals surface area contributed by atoms with Gasteiger partial charge in [-0.2, -0.15) is 5.11 Å². The van der Waals surface area contributed by atoms with Crippen LogP contribution in [0.25, 0.3) is 11.2 Å². The highest BCUT2D eigenvalue weighted by atomic mass is 35.5. The van der Waals surface area contributed by atoms with Crippen molar-refractivity contribution in [3.05, 3.63) is 55.1 Å².